The van der Waals surface area contributed by atoms with Crippen LogP contribution >= 0.6 is 0 Å². The predicted octanol–water partition coefficient (Wildman–Crippen LogP) is 2.12. The van der Waals surface area contributed by atoms with Crippen LogP contribution in [0.15, 0.2) is 18.3 Å². The molecule has 0 saturated heterocycles. The molecule has 0 radical (unpaired) electrons. The molecule has 0 spiro atoms. The number of nitrogens with zero attached hydrogens (tertiary/aromatic N) is 1. The molecule has 1 rings (SSSR count). The molecule has 1 heterocycles. The fourth-order valence-electron chi connectivity index (χ4n) is 1.66. The summed E-state index contributed by atoms with van der Waals surface area (Å²) in [6, 6.07) is 3.89. The summed E-state index contributed by atoms with van der Waals surface area (Å²) in [5.74, 6) is -0.813. The van der Waals surface area contributed by atoms with Crippen molar-refractivity contribution in [3.05, 3.63) is 29.6 Å². The number of nitrogens with one attached hydrogen (secondary N) is 1. The van der Waals surface area contributed by atoms with E-state index in [9.17, 15) is 9.90 Å². The Morgan fingerprint density at radius 1 is 1.53 bits per heavy atom. The Hall–Kier alpha value is -1.42. The van der Waals surface area contributed by atoms with E-state index in [1.807, 2.05) is 26.0 Å². The van der Waals surface area contributed by atoms with Gasteiger partial charge in [0.2, 0.25) is 0 Å². The Labute approximate surface area is 102 Å². The molecule has 0 aromatic carbocycles. The zero-order valence-electron chi connectivity index (χ0n) is 10.7. The van der Waals surface area contributed by atoms with Gasteiger partial charge in [-0.25, -0.2) is 0 Å². The standard InChI is InChI=1S/C13H20N2O2/c1-4-7-13(3,12(16)17)15-9-11-6-5-10(2)8-14-11/h5-6,8,15H,4,7,9H2,1-3H3,(H,16,17). The highest BCUT2D eigenvalue weighted by Crippen LogP contribution is 2.13. The van der Waals surface area contributed by atoms with Gasteiger partial charge in [-0.05, 0) is 31.9 Å². The SMILES string of the molecule is CCCC(C)(NCc1ccc(C)cn1)C(=O)O. The van der Waals surface area contributed by atoms with Gasteiger partial charge in [-0.2, -0.15) is 0 Å². The number of hydrogen-bond donors (Lipinski definition) is 2. The summed E-state index contributed by atoms with van der Waals surface area (Å²) < 4.78 is 0. The van der Waals surface area contributed by atoms with E-state index in [0.717, 1.165) is 17.7 Å². The molecule has 1 unspecified atom stereocenters. The molecule has 94 valence electrons. The molecule has 17 heavy (non-hydrogen) atoms. The van der Waals surface area contributed by atoms with Crippen molar-refractivity contribution in [3.63, 3.8) is 0 Å². The smallest absolute Gasteiger partial charge is 0.323 e. The van der Waals surface area contributed by atoms with Crippen LogP contribution in [0.4, 0.5) is 0 Å². The molecule has 1 aromatic rings. The van der Waals surface area contributed by atoms with Crippen LogP contribution in [0.5, 0.6) is 0 Å². The van der Waals surface area contributed by atoms with Crippen molar-refractivity contribution < 1.29 is 9.90 Å². The van der Waals surface area contributed by atoms with Gasteiger partial charge in [0.05, 0.1) is 5.69 Å². The number of carbonyl (C=O) groups is 1. The van der Waals surface area contributed by atoms with Crippen LogP contribution in [0.1, 0.15) is 37.9 Å². The van der Waals surface area contributed by atoms with Crippen molar-refractivity contribution in [1.82, 2.24) is 10.3 Å². The third kappa shape index (κ3) is 3.82. The van der Waals surface area contributed by atoms with Gasteiger partial charge in [0, 0.05) is 12.7 Å². The van der Waals surface area contributed by atoms with Crippen LogP contribution in [0.3, 0.4) is 0 Å². The fraction of sp³-hybridized carbons (Fsp3) is 0.538. The minimum Gasteiger partial charge on any atom is -0.480 e. The monoisotopic (exact) mass is 236 g/mol. The molecule has 4 nitrogen and oxygen atoms in total. The van der Waals surface area contributed by atoms with E-state index in [0.29, 0.717) is 13.0 Å². The third-order valence-corrected chi connectivity index (χ3v) is 2.85. The van der Waals surface area contributed by atoms with E-state index < -0.39 is 11.5 Å². The molecule has 1 atom stereocenters. The number of aromatic nitrogens is 1. The van der Waals surface area contributed by atoms with E-state index in [2.05, 4.69) is 10.3 Å². The van der Waals surface area contributed by atoms with E-state index in [1.165, 1.54) is 0 Å². The Kier molecular flexibility index (Phi) is 4.63. The van der Waals surface area contributed by atoms with E-state index in [-0.39, 0.29) is 0 Å². The molecule has 0 amide bonds. The van der Waals surface area contributed by atoms with Crippen LogP contribution < -0.4 is 5.32 Å². The molecule has 0 fully saturated rings. The van der Waals surface area contributed by atoms with E-state index in [4.69, 9.17) is 0 Å². The van der Waals surface area contributed by atoms with E-state index in [1.54, 1.807) is 13.1 Å². The largest absolute Gasteiger partial charge is 0.480 e. The fourth-order valence-corrected chi connectivity index (χ4v) is 1.66. The normalized spacial score (nSPS) is 14.3. The van der Waals surface area contributed by atoms with Crippen LogP contribution in [-0.2, 0) is 11.3 Å². The second-order valence-electron chi connectivity index (χ2n) is 4.57. The highest BCUT2D eigenvalue weighted by atomic mass is 16.4. The number of pyridine rings is 1. The number of carboxylic acids is 1. The maximum atomic E-state index is 11.2. The molecular weight excluding hydrogens is 216 g/mol. The zero-order chi connectivity index (χ0) is 12.9. The minimum absolute atomic E-state index is 0.475. The first-order valence-corrected chi connectivity index (χ1v) is 5.88. The molecule has 0 aliphatic heterocycles. The van der Waals surface area contributed by atoms with Gasteiger partial charge >= 0.3 is 5.97 Å². The average molecular weight is 236 g/mol. The first kappa shape index (κ1) is 13.6. The van der Waals surface area contributed by atoms with E-state index >= 15 is 0 Å². The average Bonchev–Trinajstić information content (AvgIpc) is 2.28. The van der Waals surface area contributed by atoms with Crippen molar-refractivity contribution >= 4 is 5.97 Å². The molecule has 0 bridgehead atoms. The predicted molar refractivity (Wildman–Crippen MR) is 66.8 cm³/mol. The second-order valence-corrected chi connectivity index (χ2v) is 4.57. The number of carboxylic acid groups (broad SMARTS) is 1. The van der Waals surface area contributed by atoms with Crippen LogP contribution in [0.2, 0.25) is 0 Å². The van der Waals surface area contributed by atoms with Crippen molar-refractivity contribution in [2.75, 3.05) is 0 Å². The van der Waals surface area contributed by atoms with Crippen molar-refractivity contribution in [2.24, 2.45) is 0 Å². The molecular formula is C13H20N2O2. The second kappa shape index (κ2) is 5.77. The highest BCUT2D eigenvalue weighted by molar-refractivity contribution is 5.78. The van der Waals surface area contributed by atoms with Gasteiger partial charge in [0.15, 0.2) is 0 Å². The molecule has 2 N–H and O–H groups in total. The number of rotatable bonds is 6. The highest BCUT2D eigenvalue weighted by Gasteiger charge is 2.31. The topological polar surface area (TPSA) is 62.2 Å². The first-order chi connectivity index (χ1) is 7.98. The third-order valence-electron chi connectivity index (χ3n) is 2.85. The van der Waals surface area contributed by atoms with Gasteiger partial charge in [-0.3, -0.25) is 15.1 Å². The maximum Gasteiger partial charge on any atom is 0.323 e. The number of hydrogen-bond acceptors (Lipinski definition) is 3. The summed E-state index contributed by atoms with van der Waals surface area (Å²) in [6.45, 7) is 6.14. The Morgan fingerprint density at radius 3 is 2.71 bits per heavy atom. The first-order valence-electron chi connectivity index (χ1n) is 5.88. The summed E-state index contributed by atoms with van der Waals surface area (Å²) in [6.07, 6.45) is 3.22. The van der Waals surface area contributed by atoms with Crippen molar-refractivity contribution in [2.45, 2.75) is 45.7 Å². The maximum absolute atomic E-state index is 11.2. The lowest BCUT2D eigenvalue weighted by Gasteiger charge is -2.25. The van der Waals surface area contributed by atoms with Crippen LogP contribution in [0.25, 0.3) is 0 Å². The Balaban J connectivity index is 2.64. The summed E-state index contributed by atoms with van der Waals surface area (Å²) in [5, 5.41) is 12.3. The van der Waals surface area contributed by atoms with Crippen molar-refractivity contribution in [1.29, 1.82) is 0 Å². The number of aryl methyl sites for hydroxylation is 1. The molecule has 0 aliphatic rings. The van der Waals surface area contributed by atoms with Gasteiger partial charge in [0.1, 0.15) is 5.54 Å². The van der Waals surface area contributed by atoms with Gasteiger partial charge in [-0.1, -0.05) is 19.4 Å². The van der Waals surface area contributed by atoms with Crippen molar-refractivity contribution in [3.8, 4) is 0 Å². The Bertz CT molecular complexity index is 376. The zero-order valence-corrected chi connectivity index (χ0v) is 10.7. The molecule has 0 aliphatic carbocycles. The van der Waals surface area contributed by atoms with Crippen LogP contribution in [-0.4, -0.2) is 21.6 Å². The van der Waals surface area contributed by atoms with Gasteiger partial charge < -0.3 is 5.11 Å². The van der Waals surface area contributed by atoms with Gasteiger partial charge in [0.25, 0.3) is 0 Å². The number of aliphatic carboxylic acids is 1. The van der Waals surface area contributed by atoms with Crippen LogP contribution in [0, 0.1) is 6.92 Å². The van der Waals surface area contributed by atoms with Gasteiger partial charge in [-0.15, -0.1) is 0 Å². The summed E-state index contributed by atoms with van der Waals surface area (Å²) in [5.41, 5.74) is 1.09. The summed E-state index contributed by atoms with van der Waals surface area (Å²) >= 11 is 0. The summed E-state index contributed by atoms with van der Waals surface area (Å²) in [4.78, 5) is 15.4. The minimum atomic E-state index is -0.874. The lowest BCUT2D eigenvalue weighted by Crippen LogP contribution is -2.49. The Morgan fingerprint density at radius 2 is 2.24 bits per heavy atom. The molecule has 0 saturated carbocycles. The molecule has 1 aromatic heterocycles. The lowest BCUT2D eigenvalue weighted by atomic mass is 9.96. The molecule has 4 heteroatoms. The lowest BCUT2D eigenvalue weighted by molar-refractivity contribution is -0.144. The quantitative estimate of drug-likeness (QED) is 0.794. The summed E-state index contributed by atoms with van der Waals surface area (Å²) in [7, 11) is 0.